The Labute approximate surface area is 148 Å². The van der Waals surface area contributed by atoms with Crippen LogP contribution in [0.5, 0.6) is 0 Å². The van der Waals surface area contributed by atoms with Crippen molar-refractivity contribution in [2.24, 2.45) is 0 Å². The van der Waals surface area contributed by atoms with E-state index in [2.05, 4.69) is 36.4 Å². The van der Waals surface area contributed by atoms with Gasteiger partial charge < -0.3 is 5.32 Å². The normalized spacial score (nSPS) is 10.8. The molecule has 1 heterocycles. The molecule has 0 aliphatic heterocycles. The summed E-state index contributed by atoms with van der Waals surface area (Å²) < 4.78 is 1.83. The maximum atomic E-state index is 12.1. The van der Waals surface area contributed by atoms with Crippen LogP contribution < -0.4 is 5.32 Å². The first-order valence-electron chi connectivity index (χ1n) is 8.60. The summed E-state index contributed by atoms with van der Waals surface area (Å²) >= 11 is 0. The van der Waals surface area contributed by atoms with E-state index in [-0.39, 0.29) is 5.91 Å². The smallest absolute Gasteiger partial charge is 0.224 e. The Balaban J connectivity index is 1.53. The van der Waals surface area contributed by atoms with Crippen LogP contribution >= 0.6 is 0 Å². The summed E-state index contributed by atoms with van der Waals surface area (Å²) in [6, 6.07) is 18.0. The lowest BCUT2D eigenvalue weighted by Crippen LogP contribution is -2.12. The molecule has 0 radical (unpaired) electrons. The maximum Gasteiger partial charge on any atom is 0.224 e. The van der Waals surface area contributed by atoms with E-state index < -0.39 is 0 Å². The van der Waals surface area contributed by atoms with Gasteiger partial charge in [-0.3, -0.25) is 4.79 Å². The Morgan fingerprint density at radius 3 is 2.48 bits per heavy atom. The molecule has 0 atom stereocenters. The second-order valence-electron chi connectivity index (χ2n) is 6.45. The van der Waals surface area contributed by atoms with Gasteiger partial charge in [-0.2, -0.15) is 5.10 Å². The number of carbonyl (C=O) groups excluding carboxylic acids is 1. The van der Waals surface area contributed by atoms with E-state index in [9.17, 15) is 4.79 Å². The van der Waals surface area contributed by atoms with Gasteiger partial charge in [-0.15, -0.1) is 0 Å². The molecule has 0 bridgehead atoms. The number of hydrogen-bond donors (Lipinski definition) is 1. The number of benzene rings is 2. The number of hydrogen-bond acceptors (Lipinski definition) is 2. The molecule has 1 amide bonds. The Bertz CT molecular complexity index is 820. The molecule has 3 aromatic rings. The lowest BCUT2D eigenvalue weighted by atomic mass is 10.0. The fourth-order valence-corrected chi connectivity index (χ4v) is 2.64. The number of aromatic nitrogens is 2. The van der Waals surface area contributed by atoms with Crippen molar-refractivity contribution in [1.82, 2.24) is 9.78 Å². The second-order valence-corrected chi connectivity index (χ2v) is 6.45. The summed E-state index contributed by atoms with van der Waals surface area (Å²) in [6.07, 6.45) is 4.90. The molecule has 4 nitrogen and oxygen atoms in total. The molecule has 0 aliphatic rings. The molecule has 128 valence electrons. The van der Waals surface area contributed by atoms with Crippen molar-refractivity contribution in [3.05, 3.63) is 78.1 Å². The van der Waals surface area contributed by atoms with Gasteiger partial charge in [-0.25, -0.2) is 4.68 Å². The number of rotatable bonds is 6. The van der Waals surface area contributed by atoms with Gasteiger partial charge in [0.05, 0.1) is 11.9 Å². The number of anilines is 1. The number of nitrogens with zero attached hydrogens (tertiary/aromatic N) is 2. The highest BCUT2D eigenvalue weighted by Gasteiger charge is 2.06. The van der Waals surface area contributed by atoms with Crippen LogP contribution in [0.1, 0.15) is 37.3 Å². The van der Waals surface area contributed by atoms with Gasteiger partial charge in [0.2, 0.25) is 5.91 Å². The first kappa shape index (κ1) is 17.0. The van der Waals surface area contributed by atoms with Crippen LogP contribution in [0.15, 0.2) is 67.0 Å². The van der Waals surface area contributed by atoms with Crippen molar-refractivity contribution < 1.29 is 4.79 Å². The molecule has 0 spiro atoms. The van der Waals surface area contributed by atoms with Crippen LogP contribution in [0.4, 0.5) is 5.69 Å². The van der Waals surface area contributed by atoms with E-state index in [4.69, 9.17) is 0 Å². The predicted octanol–water partition coefficient (Wildman–Crippen LogP) is 4.57. The third kappa shape index (κ3) is 4.57. The zero-order valence-electron chi connectivity index (χ0n) is 14.6. The van der Waals surface area contributed by atoms with Crippen LogP contribution in [0.25, 0.3) is 5.69 Å². The minimum absolute atomic E-state index is 0.0183. The van der Waals surface area contributed by atoms with E-state index in [0.717, 1.165) is 16.9 Å². The summed E-state index contributed by atoms with van der Waals surface area (Å²) in [4.78, 5) is 12.1. The van der Waals surface area contributed by atoms with E-state index in [1.54, 1.807) is 0 Å². The van der Waals surface area contributed by atoms with Gasteiger partial charge in [0.15, 0.2) is 0 Å². The lowest BCUT2D eigenvalue weighted by molar-refractivity contribution is -0.116. The number of carbonyl (C=O) groups is 1. The number of amides is 1. The van der Waals surface area contributed by atoms with Crippen molar-refractivity contribution in [2.75, 3.05) is 5.32 Å². The molecule has 0 fully saturated rings. The summed E-state index contributed by atoms with van der Waals surface area (Å²) in [5.74, 6) is 0.510. The quantitative estimate of drug-likeness (QED) is 0.718. The van der Waals surface area contributed by atoms with E-state index in [1.807, 2.05) is 59.5 Å². The fourth-order valence-electron chi connectivity index (χ4n) is 2.64. The highest BCUT2D eigenvalue weighted by atomic mass is 16.1. The second kappa shape index (κ2) is 7.79. The third-order valence-corrected chi connectivity index (χ3v) is 4.16. The molecule has 1 N–H and O–H groups in total. The Morgan fingerprint density at radius 2 is 1.80 bits per heavy atom. The topological polar surface area (TPSA) is 46.9 Å². The van der Waals surface area contributed by atoms with Crippen LogP contribution in [-0.4, -0.2) is 15.7 Å². The lowest BCUT2D eigenvalue weighted by Gasteiger charge is -2.08. The molecule has 1 aromatic heterocycles. The Kier molecular flexibility index (Phi) is 5.29. The molecule has 2 aromatic carbocycles. The van der Waals surface area contributed by atoms with Crippen molar-refractivity contribution in [1.29, 1.82) is 0 Å². The largest absolute Gasteiger partial charge is 0.326 e. The number of aryl methyl sites for hydroxylation is 1. The molecule has 0 saturated heterocycles. The first-order valence-corrected chi connectivity index (χ1v) is 8.60. The molecule has 0 saturated carbocycles. The summed E-state index contributed by atoms with van der Waals surface area (Å²) in [5.41, 5.74) is 4.18. The number of para-hydroxylation sites is 1. The van der Waals surface area contributed by atoms with Crippen LogP contribution in [-0.2, 0) is 11.2 Å². The van der Waals surface area contributed by atoms with Crippen molar-refractivity contribution in [3.8, 4) is 5.69 Å². The van der Waals surface area contributed by atoms with E-state index in [1.165, 1.54) is 5.56 Å². The Hall–Kier alpha value is -2.88. The fraction of sp³-hybridized carbons (Fsp3) is 0.238. The highest BCUT2D eigenvalue weighted by molar-refractivity contribution is 5.90. The van der Waals surface area contributed by atoms with Crippen LogP contribution in [0.2, 0.25) is 0 Å². The van der Waals surface area contributed by atoms with Gasteiger partial charge in [0, 0.05) is 18.3 Å². The number of nitrogens with one attached hydrogen (secondary N) is 1. The molecule has 3 rings (SSSR count). The highest BCUT2D eigenvalue weighted by Crippen LogP contribution is 2.17. The molecule has 25 heavy (non-hydrogen) atoms. The predicted molar refractivity (Wildman–Crippen MR) is 101 cm³/mol. The van der Waals surface area contributed by atoms with Gasteiger partial charge in [-0.05, 0) is 47.7 Å². The van der Waals surface area contributed by atoms with Gasteiger partial charge in [0.1, 0.15) is 0 Å². The molecular weight excluding hydrogens is 310 g/mol. The average molecular weight is 333 g/mol. The molecular formula is C21H23N3O. The van der Waals surface area contributed by atoms with Crippen molar-refractivity contribution in [3.63, 3.8) is 0 Å². The molecule has 4 heteroatoms. The van der Waals surface area contributed by atoms with Crippen LogP contribution in [0, 0.1) is 0 Å². The van der Waals surface area contributed by atoms with Gasteiger partial charge in [0.25, 0.3) is 0 Å². The van der Waals surface area contributed by atoms with Crippen molar-refractivity contribution >= 4 is 11.6 Å². The zero-order valence-corrected chi connectivity index (χ0v) is 14.6. The summed E-state index contributed by atoms with van der Waals surface area (Å²) in [5, 5.41) is 7.31. The van der Waals surface area contributed by atoms with Crippen LogP contribution in [0.3, 0.4) is 0 Å². The third-order valence-electron chi connectivity index (χ3n) is 4.16. The monoisotopic (exact) mass is 333 g/mol. The summed E-state index contributed by atoms with van der Waals surface area (Å²) in [7, 11) is 0. The standard InChI is InChI=1S/C21H23N3O/c1-16(2)18-9-11-19(12-10-18)23-21(25)13-8-17-14-22-24(15-17)20-6-4-3-5-7-20/h3-7,9-12,14-16H,8,13H2,1-2H3,(H,23,25). The Morgan fingerprint density at radius 1 is 1.08 bits per heavy atom. The minimum Gasteiger partial charge on any atom is -0.326 e. The maximum absolute atomic E-state index is 12.1. The molecule has 0 aliphatic carbocycles. The first-order chi connectivity index (χ1) is 12.1. The minimum atomic E-state index is 0.0183. The average Bonchev–Trinajstić information content (AvgIpc) is 3.10. The SMILES string of the molecule is CC(C)c1ccc(NC(=O)CCc2cnn(-c3ccccc3)c2)cc1. The van der Waals surface area contributed by atoms with Gasteiger partial charge >= 0.3 is 0 Å². The summed E-state index contributed by atoms with van der Waals surface area (Å²) in [6.45, 7) is 4.31. The van der Waals surface area contributed by atoms with Gasteiger partial charge in [-0.1, -0.05) is 44.2 Å². The van der Waals surface area contributed by atoms with Crippen molar-refractivity contribution in [2.45, 2.75) is 32.6 Å². The molecule has 0 unspecified atom stereocenters. The van der Waals surface area contributed by atoms with E-state index in [0.29, 0.717) is 18.8 Å². The zero-order chi connectivity index (χ0) is 17.6. The van der Waals surface area contributed by atoms with E-state index >= 15 is 0 Å².